The molecular formula is C16H11ClN2O3. The molecule has 2 aromatic rings. The van der Waals surface area contributed by atoms with Gasteiger partial charge in [0.25, 0.3) is 5.69 Å². The minimum Gasteiger partial charge on any atom is -0.281 e. The van der Waals surface area contributed by atoms with E-state index in [4.69, 9.17) is 11.6 Å². The summed E-state index contributed by atoms with van der Waals surface area (Å²) in [6.07, 6.45) is -0.215. The summed E-state index contributed by atoms with van der Waals surface area (Å²) in [4.78, 5) is 21.7. The molecule has 22 heavy (non-hydrogen) atoms. The molecule has 0 radical (unpaired) electrons. The van der Waals surface area contributed by atoms with Crippen LogP contribution in [0.1, 0.15) is 17.5 Å². The molecule has 1 unspecified atom stereocenters. The van der Waals surface area contributed by atoms with Crippen LogP contribution in [0.2, 0.25) is 0 Å². The van der Waals surface area contributed by atoms with E-state index < -0.39 is 15.6 Å². The van der Waals surface area contributed by atoms with Gasteiger partial charge in [-0.1, -0.05) is 42.5 Å². The molecule has 0 aromatic heterocycles. The molecule has 6 heteroatoms. The molecule has 0 aliphatic rings. The van der Waals surface area contributed by atoms with Crippen molar-refractivity contribution in [1.29, 1.82) is 5.26 Å². The topological polar surface area (TPSA) is 84.0 Å². The van der Waals surface area contributed by atoms with Crippen molar-refractivity contribution in [2.75, 3.05) is 0 Å². The predicted octanol–water partition coefficient (Wildman–Crippen LogP) is 3.56. The van der Waals surface area contributed by atoms with Crippen LogP contribution in [0.3, 0.4) is 0 Å². The van der Waals surface area contributed by atoms with E-state index in [9.17, 15) is 20.2 Å². The third-order valence-electron chi connectivity index (χ3n) is 3.43. The summed E-state index contributed by atoms with van der Waals surface area (Å²) in [6.45, 7) is 0. The van der Waals surface area contributed by atoms with Crippen molar-refractivity contribution >= 4 is 22.5 Å². The average molecular weight is 315 g/mol. The Labute approximate surface area is 131 Å². The van der Waals surface area contributed by atoms with Crippen molar-refractivity contribution in [2.45, 2.75) is 11.8 Å². The predicted molar refractivity (Wildman–Crippen MR) is 81.4 cm³/mol. The fourth-order valence-corrected chi connectivity index (χ4v) is 2.54. The zero-order chi connectivity index (χ0) is 16.2. The molecule has 0 heterocycles. The fraction of sp³-hybridized carbons (Fsp3) is 0.125. The maximum absolute atomic E-state index is 11.4. The standard InChI is InChI=1S/C16H11ClN2O3/c17-15(20)10-16(11-18,12-4-2-1-3-5-12)13-6-8-14(9-7-13)19(21)22/h1-9H,10H2. The van der Waals surface area contributed by atoms with Crippen molar-refractivity contribution in [1.82, 2.24) is 0 Å². The highest BCUT2D eigenvalue weighted by Crippen LogP contribution is 2.36. The maximum atomic E-state index is 11.4. The van der Waals surface area contributed by atoms with Crippen LogP contribution in [-0.2, 0) is 10.2 Å². The number of benzene rings is 2. The first-order valence-electron chi connectivity index (χ1n) is 6.39. The smallest absolute Gasteiger partial charge is 0.269 e. The molecular weight excluding hydrogens is 304 g/mol. The van der Waals surface area contributed by atoms with Crippen molar-refractivity contribution in [3.8, 4) is 6.07 Å². The van der Waals surface area contributed by atoms with Crippen molar-refractivity contribution in [2.24, 2.45) is 0 Å². The summed E-state index contributed by atoms with van der Waals surface area (Å²) in [6, 6.07) is 16.5. The molecule has 2 rings (SSSR count). The van der Waals surface area contributed by atoms with Gasteiger partial charge in [-0.3, -0.25) is 14.9 Å². The molecule has 0 aliphatic heterocycles. The zero-order valence-electron chi connectivity index (χ0n) is 11.4. The Balaban J connectivity index is 2.60. The van der Waals surface area contributed by atoms with Crippen LogP contribution in [0.25, 0.3) is 0 Å². The summed E-state index contributed by atoms with van der Waals surface area (Å²) in [5.41, 5.74) is -0.253. The van der Waals surface area contributed by atoms with Gasteiger partial charge in [0.1, 0.15) is 5.41 Å². The Hall–Kier alpha value is -2.71. The lowest BCUT2D eigenvalue weighted by atomic mass is 9.73. The Morgan fingerprint density at radius 3 is 2.14 bits per heavy atom. The van der Waals surface area contributed by atoms with Gasteiger partial charge in [0.15, 0.2) is 0 Å². The maximum Gasteiger partial charge on any atom is 0.269 e. The number of rotatable bonds is 5. The molecule has 0 spiro atoms. The number of nitrogens with zero attached hydrogens (tertiary/aromatic N) is 2. The number of nitro benzene ring substituents is 1. The van der Waals surface area contributed by atoms with Gasteiger partial charge in [0.2, 0.25) is 5.24 Å². The van der Waals surface area contributed by atoms with Crippen molar-refractivity contribution in [3.63, 3.8) is 0 Å². The molecule has 0 bridgehead atoms. The Bertz CT molecular complexity index is 738. The molecule has 5 nitrogen and oxygen atoms in total. The molecule has 0 aliphatic carbocycles. The molecule has 2 aromatic carbocycles. The summed E-state index contributed by atoms with van der Waals surface area (Å²) in [5, 5.41) is 19.8. The molecule has 0 N–H and O–H groups in total. The van der Waals surface area contributed by atoms with Gasteiger partial charge in [0, 0.05) is 18.6 Å². The van der Waals surface area contributed by atoms with Crippen LogP contribution < -0.4 is 0 Å². The van der Waals surface area contributed by atoms with Crippen LogP contribution in [-0.4, -0.2) is 10.2 Å². The highest BCUT2D eigenvalue weighted by molar-refractivity contribution is 6.63. The molecule has 110 valence electrons. The second-order valence-corrected chi connectivity index (χ2v) is 5.14. The van der Waals surface area contributed by atoms with Crippen molar-refractivity contribution < 1.29 is 9.72 Å². The van der Waals surface area contributed by atoms with Gasteiger partial charge in [-0.2, -0.15) is 5.26 Å². The lowest BCUT2D eigenvalue weighted by Gasteiger charge is -2.26. The van der Waals surface area contributed by atoms with Crippen LogP contribution in [0, 0.1) is 21.4 Å². The van der Waals surface area contributed by atoms with E-state index in [2.05, 4.69) is 6.07 Å². The summed E-state index contributed by atoms with van der Waals surface area (Å²) < 4.78 is 0. The minimum atomic E-state index is -1.27. The normalized spacial score (nSPS) is 12.9. The molecule has 0 saturated heterocycles. The van der Waals surface area contributed by atoms with E-state index in [-0.39, 0.29) is 12.1 Å². The largest absolute Gasteiger partial charge is 0.281 e. The summed E-state index contributed by atoms with van der Waals surface area (Å²) in [7, 11) is 0. The first kappa shape index (κ1) is 15.7. The van der Waals surface area contributed by atoms with Gasteiger partial charge in [-0.05, 0) is 22.7 Å². The highest BCUT2D eigenvalue weighted by Gasteiger charge is 2.36. The fourth-order valence-electron chi connectivity index (χ4n) is 2.34. The van der Waals surface area contributed by atoms with Crippen molar-refractivity contribution in [3.05, 3.63) is 75.8 Å². The number of halogens is 1. The quantitative estimate of drug-likeness (QED) is 0.480. The number of carbonyl (C=O) groups excluding carboxylic acids is 1. The molecule has 1 atom stereocenters. The molecule has 0 amide bonds. The third kappa shape index (κ3) is 2.97. The van der Waals surface area contributed by atoms with Gasteiger partial charge >= 0.3 is 0 Å². The lowest BCUT2D eigenvalue weighted by Crippen LogP contribution is -2.28. The SMILES string of the molecule is N#CC(CC(=O)Cl)(c1ccccc1)c1ccc([N+](=O)[O-])cc1. The van der Waals surface area contributed by atoms with E-state index in [1.165, 1.54) is 24.3 Å². The van der Waals surface area contributed by atoms with Gasteiger partial charge < -0.3 is 0 Å². The average Bonchev–Trinajstić information content (AvgIpc) is 2.53. The second kappa shape index (κ2) is 6.37. The number of nitro groups is 1. The highest BCUT2D eigenvalue weighted by atomic mass is 35.5. The van der Waals surface area contributed by atoms with Crippen LogP contribution in [0.15, 0.2) is 54.6 Å². The molecule has 0 fully saturated rings. The monoisotopic (exact) mass is 314 g/mol. The van der Waals surface area contributed by atoms with E-state index in [0.29, 0.717) is 11.1 Å². The van der Waals surface area contributed by atoms with E-state index in [1.54, 1.807) is 30.3 Å². The Morgan fingerprint density at radius 2 is 1.68 bits per heavy atom. The number of hydrogen-bond acceptors (Lipinski definition) is 4. The van der Waals surface area contributed by atoms with Crippen LogP contribution in [0.5, 0.6) is 0 Å². The summed E-state index contributed by atoms with van der Waals surface area (Å²) >= 11 is 5.52. The van der Waals surface area contributed by atoms with Crippen LogP contribution >= 0.6 is 11.6 Å². The third-order valence-corrected chi connectivity index (χ3v) is 3.57. The Morgan fingerprint density at radius 1 is 1.14 bits per heavy atom. The van der Waals surface area contributed by atoms with Crippen LogP contribution in [0.4, 0.5) is 5.69 Å². The number of non-ortho nitro benzene ring substituents is 1. The lowest BCUT2D eigenvalue weighted by molar-refractivity contribution is -0.384. The second-order valence-electron chi connectivity index (χ2n) is 4.72. The van der Waals surface area contributed by atoms with Gasteiger partial charge in [0.05, 0.1) is 11.0 Å². The van der Waals surface area contributed by atoms with Gasteiger partial charge in [-0.15, -0.1) is 0 Å². The minimum absolute atomic E-state index is 0.0825. The number of carbonyl (C=O) groups is 1. The van der Waals surface area contributed by atoms with Gasteiger partial charge in [-0.25, -0.2) is 0 Å². The number of nitriles is 1. The Kier molecular flexibility index (Phi) is 4.54. The zero-order valence-corrected chi connectivity index (χ0v) is 12.2. The molecule has 0 saturated carbocycles. The first-order valence-corrected chi connectivity index (χ1v) is 6.77. The summed E-state index contributed by atoms with van der Waals surface area (Å²) in [5.74, 6) is 0. The van der Waals surface area contributed by atoms with E-state index in [1.807, 2.05) is 0 Å². The first-order chi connectivity index (χ1) is 10.5. The van der Waals surface area contributed by atoms with E-state index >= 15 is 0 Å². The number of hydrogen-bond donors (Lipinski definition) is 0. The van der Waals surface area contributed by atoms with E-state index in [0.717, 1.165) is 0 Å².